The van der Waals surface area contributed by atoms with E-state index < -0.39 is 10.7 Å². The highest BCUT2D eigenvalue weighted by atomic mass is 19.1. The van der Waals surface area contributed by atoms with Crippen molar-refractivity contribution in [2.24, 2.45) is 0 Å². The first-order chi connectivity index (χ1) is 7.13. The fourth-order valence-corrected chi connectivity index (χ4v) is 0.972. The summed E-state index contributed by atoms with van der Waals surface area (Å²) < 4.78 is 12.9. The number of aliphatic hydroxyl groups excluding tert-OH is 1. The molecule has 4 nitrogen and oxygen atoms in total. The Morgan fingerprint density at radius 1 is 1.47 bits per heavy atom. The number of nitrogens with zero attached hydrogens (tertiary/aromatic N) is 1. The molecule has 78 valence electrons. The predicted molar refractivity (Wildman–Crippen MR) is 51.6 cm³/mol. The average Bonchev–Trinajstić information content (AvgIpc) is 2.17. The number of nitro groups is 1. The van der Waals surface area contributed by atoms with Crippen molar-refractivity contribution in [2.75, 3.05) is 6.61 Å². The first kappa shape index (κ1) is 11.1. The van der Waals surface area contributed by atoms with E-state index in [1.807, 2.05) is 0 Å². The molecule has 0 aromatic heterocycles. The van der Waals surface area contributed by atoms with Gasteiger partial charge in [-0.1, -0.05) is 11.8 Å². The van der Waals surface area contributed by atoms with Crippen molar-refractivity contribution >= 4 is 5.69 Å². The van der Waals surface area contributed by atoms with Crippen LogP contribution in [-0.4, -0.2) is 16.6 Å². The van der Waals surface area contributed by atoms with Gasteiger partial charge in [0.1, 0.15) is 5.82 Å². The molecule has 0 fully saturated rings. The Hall–Kier alpha value is -1.93. The molecule has 0 aliphatic carbocycles. The maximum Gasteiger partial charge on any atom is 0.273 e. The molecule has 0 aliphatic rings. The summed E-state index contributed by atoms with van der Waals surface area (Å²) in [7, 11) is 0. The number of nitro benzene ring substituents is 1. The number of aliphatic hydroxyl groups is 1. The number of hydrogen-bond donors (Lipinski definition) is 1. The third-order valence-electron chi connectivity index (χ3n) is 1.56. The second-order valence-electron chi connectivity index (χ2n) is 2.73. The standard InChI is InChI=1S/C10H8FNO3/c11-9-5-8(3-1-2-4-13)6-10(7-9)12(14)15/h5-7,13H,2,4H2. The van der Waals surface area contributed by atoms with Crippen LogP contribution in [0.15, 0.2) is 18.2 Å². The summed E-state index contributed by atoms with van der Waals surface area (Å²) in [5, 5.41) is 18.8. The fourth-order valence-electron chi connectivity index (χ4n) is 0.972. The van der Waals surface area contributed by atoms with E-state index >= 15 is 0 Å². The van der Waals surface area contributed by atoms with Crippen LogP contribution in [-0.2, 0) is 0 Å². The molecule has 5 heteroatoms. The Morgan fingerprint density at radius 2 is 2.20 bits per heavy atom. The van der Waals surface area contributed by atoms with Crippen molar-refractivity contribution in [1.82, 2.24) is 0 Å². The lowest BCUT2D eigenvalue weighted by Gasteiger charge is -1.93. The molecular formula is C10H8FNO3. The van der Waals surface area contributed by atoms with E-state index in [1.54, 1.807) is 0 Å². The lowest BCUT2D eigenvalue weighted by atomic mass is 10.2. The Kier molecular flexibility index (Phi) is 3.77. The number of hydrogen-bond acceptors (Lipinski definition) is 3. The maximum absolute atomic E-state index is 12.9. The molecule has 15 heavy (non-hydrogen) atoms. The van der Waals surface area contributed by atoms with Crippen LogP contribution in [0.4, 0.5) is 10.1 Å². The number of non-ortho nitro benzene ring substituents is 1. The SMILES string of the molecule is O=[N+]([O-])c1cc(F)cc(C#CCCO)c1. The predicted octanol–water partition coefficient (Wildman–Crippen LogP) is 1.47. The molecule has 0 amide bonds. The van der Waals surface area contributed by atoms with Gasteiger partial charge in [-0.2, -0.15) is 0 Å². The second-order valence-corrected chi connectivity index (χ2v) is 2.73. The molecule has 0 radical (unpaired) electrons. The minimum Gasteiger partial charge on any atom is -0.395 e. The zero-order valence-corrected chi connectivity index (χ0v) is 7.74. The van der Waals surface area contributed by atoms with Crippen LogP contribution in [0.5, 0.6) is 0 Å². The summed E-state index contributed by atoms with van der Waals surface area (Å²) in [5.41, 5.74) is -0.0987. The molecule has 1 aromatic carbocycles. The summed E-state index contributed by atoms with van der Waals surface area (Å²) in [6.07, 6.45) is 0.254. The largest absolute Gasteiger partial charge is 0.395 e. The topological polar surface area (TPSA) is 63.4 Å². The van der Waals surface area contributed by atoms with Crippen LogP contribution in [0.1, 0.15) is 12.0 Å². The highest BCUT2D eigenvalue weighted by Crippen LogP contribution is 2.15. The number of benzene rings is 1. The molecule has 0 unspecified atom stereocenters. The summed E-state index contributed by atoms with van der Waals surface area (Å²) >= 11 is 0. The normalized spacial score (nSPS) is 9.20. The minimum atomic E-state index is -0.697. The van der Waals surface area contributed by atoms with Crippen molar-refractivity contribution in [3.63, 3.8) is 0 Å². The van der Waals surface area contributed by atoms with Crippen molar-refractivity contribution in [3.05, 3.63) is 39.7 Å². The Bertz CT molecular complexity index is 434. The van der Waals surface area contributed by atoms with Crippen LogP contribution in [0.3, 0.4) is 0 Å². The second kappa shape index (κ2) is 5.08. The first-order valence-corrected chi connectivity index (χ1v) is 4.18. The molecule has 0 saturated carbocycles. The molecule has 0 saturated heterocycles. The van der Waals surface area contributed by atoms with Gasteiger partial charge in [-0.15, -0.1) is 0 Å². The van der Waals surface area contributed by atoms with E-state index in [4.69, 9.17) is 5.11 Å². The van der Waals surface area contributed by atoms with Crippen LogP contribution in [0.25, 0.3) is 0 Å². The number of halogens is 1. The van der Waals surface area contributed by atoms with Crippen molar-refractivity contribution in [1.29, 1.82) is 0 Å². The molecule has 1 aromatic rings. The van der Waals surface area contributed by atoms with Gasteiger partial charge in [0.15, 0.2) is 0 Å². The molecule has 0 aliphatic heterocycles. The number of rotatable bonds is 2. The molecule has 0 atom stereocenters. The smallest absolute Gasteiger partial charge is 0.273 e. The van der Waals surface area contributed by atoms with E-state index in [-0.39, 0.29) is 24.3 Å². The van der Waals surface area contributed by atoms with Crippen molar-refractivity contribution < 1.29 is 14.4 Å². The summed E-state index contributed by atoms with van der Waals surface area (Å²) in [6.45, 7) is -0.0928. The van der Waals surface area contributed by atoms with Gasteiger partial charge >= 0.3 is 0 Å². The van der Waals surface area contributed by atoms with Gasteiger partial charge in [0.05, 0.1) is 17.6 Å². The first-order valence-electron chi connectivity index (χ1n) is 4.18. The van der Waals surface area contributed by atoms with Gasteiger partial charge in [0.25, 0.3) is 5.69 Å². The lowest BCUT2D eigenvalue weighted by Crippen LogP contribution is -1.90. The molecule has 1 N–H and O–H groups in total. The Balaban J connectivity index is 3.00. The lowest BCUT2D eigenvalue weighted by molar-refractivity contribution is -0.385. The van der Waals surface area contributed by atoms with Crippen molar-refractivity contribution in [3.8, 4) is 11.8 Å². The zero-order valence-electron chi connectivity index (χ0n) is 7.74. The zero-order chi connectivity index (χ0) is 11.3. The highest BCUT2D eigenvalue weighted by Gasteiger charge is 2.08. The molecule has 0 bridgehead atoms. The van der Waals surface area contributed by atoms with Crippen molar-refractivity contribution in [2.45, 2.75) is 6.42 Å². The van der Waals surface area contributed by atoms with E-state index in [2.05, 4.69) is 11.8 Å². The maximum atomic E-state index is 12.9. The van der Waals surface area contributed by atoms with Gasteiger partial charge in [0, 0.05) is 18.1 Å². The third kappa shape index (κ3) is 3.37. The van der Waals surface area contributed by atoms with E-state index in [1.165, 1.54) is 6.07 Å². The Morgan fingerprint density at radius 3 is 2.80 bits per heavy atom. The van der Waals surface area contributed by atoms with E-state index in [0.717, 1.165) is 12.1 Å². The van der Waals surface area contributed by atoms with Gasteiger partial charge in [0.2, 0.25) is 0 Å². The van der Waals surface area contributed by atoms with Gasteiger partial charge < -0.3 is 5.11 Å². The van der Waals surface area contributed by atoms with Gasteiger partial charge in [-0.05, 0) is 6.07 Å². The fraction of sp³-hybridized carbons (Fsp3) is 0.200. The van der Waals surface area contributed by atoms with E-state index in [0.29, 0.717) is 0 Å². The molecule has 1 rings (SSSR count). The quantitative estimate of drug-likeness (QED) is 0.455. The average molecular weight is 209 g/mol. The van der Waals surface area contributed by atoms with Crippen LogP contribution < -0.4 is 0 Å². The highest BCUT2D eigenvalue weighted by molar-refractivity contribution is 5.43. The van der Waals surface area contributed by atoms with Crippen LogP contribution in [0.2, 0.25) is 0 Å². The summed E-state index contributed by atoms with van der Waals surface area (Å²) in [5.74, 6) is 4.39. The third-order valence-corrected chi connectivity index (χ3v) is 1.56. The summed E-state index contributed by atoms with van der Waals surface area (Å²) in [6, 6.07) is 3.13. The monoisotopic (exact) mass is 209 g/mol. The van der Waals surface area contributed by atoms with E-state index in [9.17, 15) is 14.5 Å². The summed E-state index contributed by atoms with van der Waals surface area (Å²) in [4.78, 5) is 9.71. The minimum absolute atomic E-state index is 0.0928. The molecule has 0 heterocycles. The molecule has 0 spiro atoms. The van der Waals surface area contributed by atoms with Gasteiger partial charge in [-0.25, -0.2) is 4.39 Å². The van der Waals surface area contributed by atoms with Crippen LogP contribution >= 0.6 is 0 Å². The van der Waals surface area contributed by atoms with Crippen LogP contribution in [0, 0.1) is 27.8 Å². The Labute approximate surface area is 85.5 Å². The van der Waals surface area contributed by atoms with Gasteiger partial charge in [-0.3, -0.25) is 10.1 Å². The molecular weight excluding hydrogens is 201 g/mol.